The molecule has 0 heterocycles. The number of carboxylic acid groups (broad SMARTS) is 1. The third-order valence-electron chi connectivity index (χ3n) is 9.49. The lowest BCUT2D eigenvalue weighted by atomic mass is 9.41. The van der Waals surface area contributed by atoms with Gasteiger partial charge in [0.25, 0.3) is 0 Å². The van der Waals surface area contributed by atoms with Crippen LogP contribution in [-0.2, 0) is 14.3 Å². The van der Waals surface area contributed by atoms with Crippen LogP contribution in [0.1, 0.15) is 71.6 Å². The highest BCUT2D eigenvalue weighted by Gasteiger charge is 2.66. The van der Waals surface area contributed by atoms with Crippen molar-refractivity contribution in [1.82, 2.24) is 0 Å². The smallest absolute Gasteiger partial charge is 0.309 e. The molecule has 2 bridgehead atoms. The summed E-state index contributed by atoms with van der Waals surface area (Å²) in [6.07, 6.45) is 10.4. The van der Waals surface area contributed by atoms with Crippen LogP contribution in [0, 0.1) is 39.9 Å². The molecule has 4 aliphatic rings. The maximum Gasteiger partial charge on any atom is 0.309 e. The van der Waals surface area contributed by atoms with Crippen LogP contribution in [0.15, 0.2) is 0 Å². The molecule has 0 aromatic rings. The van der Waals surface area contributed by atoms with Crippen LogP contribution in [-0.4, -0.2) is 31.6 Å². The lowest BCUT2D eigenvalue weighted by molar-refractivity contribution is -0.181. The molecule has 7 unspecified atom stereocenters. The third kappa shape index (κ3) is 2.37. The number of ether oxygens (including phenoxy) is 2. The van der Waals surface area contributed by atoms with Gasteiger partial charge in [-0.15, -0.1) is 0 Å². The number of hydrogen-bond donors (Lipinski definition) is 1. The van der Waals surface area contributed by atoms with E-state index in [0.717, 1.165) is 19.3 Å². The maximum absolute atomic E-state index is 12.2. The van der Waals surface area contributed by atoms with Crippen molar-refractivity contribution in [2.45, 2.75) is 77.9 Å². The molecular weight excluding hydrogens is 328 g/mol. The summed E-state index contributed by atoms with van der Waals surface area (Å²) in [5.74, 6) is 1.65. The van der Waals surface area contributed by atoms with Gasteiger partial charge in [-0.05, 0) is 86.9 Å². The Kier molecular flexibility index (Phi) is 4.47. The van der Waals surface area contributed by atoms with Crippen LogP contribution in [0.5, 0.6) is 0 Å². The highest BCUT2D eigenvalue weighted by Crippen LogP contribution is 2.72. The SMILES string of the molecule is COC(OC)C1CC23CCC4C(C)(C(=O)O)CCCC4(C)C2CCC1C3. The highest BCUT2D eigenvalue weighted by atomic mass is 16.7. The van der Waals surface area contributed by atoms with Gasteiger partial charge < -0.3 is 14.6 Å². The van der Waals surface area contributed by atoms with Crippen LogP contribution in [0.2, 0.25) is 0 Å². The molecule has 4 fully saturated rings. The zero-order valence-corrected chi connectivity index (χ0v) is 16.9. The molecule has 0 saturated heterocycles. The number of hydrogen-bond acceptors (Lipinski definition) is 3. The molecule has 148 valence electrons. The second kappa shape index (κ2) is 6.20. The molecule has 1 N–H and O–H groups in total. The van der Waals surface area contributed by atoms with Gasteiger partial charge in [-0.3, -0.25) is 4.79 Å². The van der Waals surface area contributed by atoms with Gasteiger partial charge in [0, 0.05) is 20.1 Å². The molecule has 4 rings (SSSR count). The molecular formula is C22H36O4. The zero-order valence-electron chi connectivity index (χ0n) is 16.9. The van der Waals surface area contributed by atoms with Crippen molar-refractivity contribution in [3.63, 3.8) is 0 Å². The van der Waals surface area contributed by atoms with Crippen LogP contribution in [0.4, 0.5) is 0 Å². The Morgan fingerprint density at radius 2 is 1.73 bits per heavy atom. The molecule has 0 aliphatic heterocycles. The Morgan fingerprint density at radius 3 is 2.38 bits per heavy atom. The zero-order chi connectivity index (χ0) is 18.7. The lowest BCUT2D eigenvalue weighted by Crippen LogP contribution is -2.58. The standard InChI is InChI=1S/C22H36O4/c1-20-9-5-10-21(2,19(23)24)16(20)8-11-22-12-14(6-7-17(20)22)15(13-22)18(25-3)26-4/h14-18H,5-13H2,1-4H3,(H,23,24). The van der Waals surface area contributed by atoms with Crippen molar-refractivity contribution in [1.29, 1.82) is 0 Å². The Labute approximate surface area is 158 Å². The van der Waals surface area contributed by atoms with Crippen molar-refractivity contribution in [2.24, 2.45) is 39.9 Å². The van der Waals surface area contributed by atoms with Gasteiger partial charge in [0.1, 0.15) is 0 Å². The average molecular weight is 365 g/mol. The molecule has 0 radical (unpaired) electrons. The number of methoxy groups -OCH3 is 2. The van der Waals surface area contributed by atoms with E-state index in [1.54, 1.807) is 14.2 Å². The fourth-order valence-corrected chi connectivity index (χ4v) is 8.52. The fourth-order valence-electron chi connectivity index (χ4n) is 8.52. The van der Waals surface area contributed by atoms with Crippen LogP contribution in [0.25, 0.3) is 0 Å². The first kappa shape index (κ1) is 18.7. The van der Waals surface area contributed by atoms with Gasteiger partial charge in [-0.2, -0.15) is 0 Å². The van der Waals surface area contributed by atoms with E-state index in [9.17, 15) is 9.90 Å². The second-order valence-corrected chi connectivity index (χ2v) is 10.3. The number of carboxylic acids is 1. The summed E-state index contributed by atoms with van der Waals surface area (Å²) in [5.41, 5.74) is 0.0368. The first-order valence-corrected chi connectivity index (χ1v) is 10.6. The molecule has 4 nitrogen and oxygen atoms in total. The van der Waals surface area contributed by atoms with Gasteiger partial charge in [-0.1, -0.05) is 13.3 Å². The van der Waals surface area contributed by atoms with E-state index >= 15 is 0 Å². The number of rotatable bonds is 4. The van der Waals surface area contributed by atoms with Gasteiger partial charge >= 0.3 is 5.97 Å². The molecule has 1 spiro atoms. The number of aliphatic carboxylic acids is 1. The Bertz CT molecular complexity index is 572. The van der Waals surface area contributed by atoms with Crippen molar-refractivity contribution in [2.75, 3.05) is 14.2 Å². The Hall–Kier alpha value is -0.610. The summed E-state index contributed by atoms with van der Waals surface area (Å²) in [4.78, 5) is 12.2. The molecule has 0 aromatic carbocycles. The predicted molar refractivity (Wildman–Crippen MR) is 99.6 cm³/mol. The largest absolute Gasteiger partial charge is 0.481 e. The van der Waals surface area contributed by atoms with Gasteiger partial charge in [0.2, 0.25) is 0 Å². The lowest BCUT2D eigenvalue weighted by Gasteiger charge is -2.63. The molecule has 7 atom stereocenters. The molecule has 4 heteroatoms. The van der Waals surface area contributed by atoms with Crippen LogP contribution in [0.3, 0.4) is 0 Å². The normalized spacial score (nSPS) is 50.3. The van der Waals surface area contributed by atoms with Gasteiger partial charge in [0.15, 0.2) is 6.29 Å². The van der Waals surface area contributed by atoms with E-state index in [0.29, 0.717) is 29.1 Å². The molecule has 26 heavy (non-hydrogen) atoms. The van der Waals surface area contributed by atoms with E-state index in [2.05, 4.69) is 6.92 Å². The van der Waals surface area contributed by atoms with E-state index in [1.165, 1.54) is 38.5 Å². The fraction of sp³-hybridized carbons (Fsp3) is 0.955. The van der Waals surface area contributed by atoms with Crippen LogP contribution >= 0.6 is 0 Å². The Balaban J connectivity index is 1.66. The average Bonchev–Trinajstić information content (AvgIpc) is 2.86. The van der Waals surface area contributed by atoms with Gasteiger partial charge in [0.05, 0.1) is 5.41 Å². The molecule has 0 aromatic heterocycles. The van der Waals surface area contributed by atoms with E-state index < -0.39 is 11.4 Å². The van der Waals surface area contributed by atoms with E-state index in [1.807, 2.05) is 6.92 Å². The summed E-state index contributed by atoms with van der Waals surface area (Å²) in [6.45, 7) is 4.48. The minimum absolute atomic E-state index is 0.0840. The number of carbonyl (C=O) groups is 1. The molecule has 4 aliphatic carbocycles. The monoisotopic (exact) mass is 364 g/mol. The van der Waals surface area contributed by atoms with Crippen LogP contribution < -0.4 is 0 Å². The van der Waals surface area contributed by atoms with Gasteiger partial charge in [-0.25, -0.2) is 0 Å². The number of fused-ring (bicyclic) bond motifs is 3. The molecule has 0 amide bonds. The summed E-state index contributed by atoms with van der Waals surface area (Å²) in [5, 5.41) is 10.0. The Morgan fingerprint density at radius 1 is 1.00 bits per heavy atom. The highest BCUT2D eigenvalue weighted by molar-refractivity contribution is 5.75. The maximum atomic E-state index is 12.2. The topological polar surface area (TPSA) is 55.8 Å². The minimum Gasteiger partial charge on any atom is -0.481 e. The first-order valence-electron chi connectivity index (χ1n) is 10.6. The van der Waals surface area contributed by atoms with Crippen molar-refractivity contribution >= 4 is 5.97 Å². The second-order valence-electron chi connectivity index (χ2n) is 10.3. The third-order valence-corrected chi connectivity index (χ3v) is 9.49. The summed E-state index contributed by atoms with van der Waals surface area (Å²) in [7, 11) is 3.53. The van der Waals surface area contributed by atoms with Crippen molar-refractivity contribution < 1.29 is 19.4 Å². The quantitative estimate of drug-likeness (QED) is 0.734. The van der Waals surface area contributed by atoms with E-state index in [-0.39, 0.29) is 11.7 Å². The summed E-state index contributed by atoms with van der Waals surface area (Å²) in [6, 6.07) is 0. The first-order chi connectivity index (χ1) is 12.3. The summed E-state index contributed by atoms with van der Waals surface area (Å²) >= 11 is 0. The van der Waals surface area contributed by atoms with Crippen molar-refractivity contribution in [3.05, 3.63) is 0 Å². The molecule has 4 saturated carbocycles. The minimum atomic E-state index is -0.568. The van der Waals surface area contributed by atoms with Crippen molar-refractivity contribution in [3.8, 4) is 0 Å². The predicted octanol–water partition coefficient (Wildman–Crippen LogP) is 4.72. The van der Waals surface area contributed by atoms with E-state index in [4.69, 9.17) is 9.47 Å². The summed E-state index contributed by atoms with van der Waals surface area (Å²) < 4.78 is 11.3.